The van der Waals surface area contributed by atoms with E-state index in [0.29, 0.717) is 12.4 Å². The molecular weight excluding hydrogens is 190 g/mol. The molecule has 1 aromatic heterocycles. The zero-order valence-electron chi connectivity index (χ0n) is 8.82. The summed E-state index contributed by atoms with van der Waals surface area (Å²) in [4.78, 5) is 8.67. The van der Waals surface area contributed by atoms with Gasteiger partial charge in [-0.15, -0.1) is 0 Å². The van der Waals surface area contributed by atoms with E-state index in [1.54, 1.807) is 7.11 Å². The molecule has 2 N–H and O–H groups in total. The smallest absolute Gasteiger partial charge is 0.145 e. The lowest BCUT2D eigenvalue weighted by Gasteiger charge is -2.08. The number of benzene rings is 1. The Bertz CT molecular complexity index is 496. The van der Waals surface area contributed by atoms with Crippen molar-refractivity contribution < 1.29 is 4.74 Å². The van der Waals surface area contributed by atoms with Crippen molar-refractivity contribution in [1.82, 2.24) is 9.97 Å². The summed E-state index contributed by atoms with van der Waals surface area (Å²) < 4.78 is 5.25. The van der Waals surface area contributed by atoms with Gasteiger partial charge in [-0.25, -0.2) is 9.97 Å². The number of hydrogen-bond acceptors (Lipinski definition) is 4. The Morgan fingerprint density at radius 3 is 2.80 bits per heavy atom. The van der Waals surface area contributed by atoms with Gasteiger partial charge < -0.3 is 10.5 Å². The summed E-state index contributed by atoms with van der Waals surface area (Å²) >= 11 is 0. The Labute approximate surface area is 88.1 Å². The monoisotopic (exact) mass is 203 g/mol. The van der Waals surface area contributed by atoms with Gasteiger partial charge in [0, 0.05) is 11.9 Å². The average Bonchev–Trinajstić information content (AvgIpc) is 2.27. The van der Waals surface area contributed by atoms with Crippen LogP contribution in [0.25, 0.3) is 10.9 Å². The molecule has 2 aromatic rings. The van der Waals surface area contributed by atoms with Crippen LogP contribution in [0.5, 0.6) is 5.75 Å². The third kappa shape index (κ3) is 1.64. The quantitative estimate of drug-likeness (QED) is 0.801. The third-order valence-corrected chi connectivity index (χ3v) is 2.29. The second-order valence-electron chi connectivity index (χ2n) is 3.28. The van der Waals surface area contributed by atoms with E-state index >= 15 is 0 Å². The van der Waals surface area contributed by atoms with Crippen LogP contribution in [0.4, 0.5) is 0 Å². The Balaban J connectivity index is 2.82. The van der Waals surface area contributed by atoms with Crippen LogP contribution < -0.4 is 10.5 Å². The largest absolute Gasteiger partial charge is 0.494 e. The number of nitrogens with zero attached hydrogens (tertiary/aromatic N) is 2. The van der Waals surface area contributed by atoms with Gasteiger partial charge >= 0.3 is 0 Å². The number of rotatable bonds is 2. The van der Waals surface area contributed by atoms with Crippen LogP contribution in [-0.2, 0) is 6.54 Å². The number of hydrogen-bond donors (Lipinski definition) is 1. The minimum absolute atomic E-state index is 0.410. The third-order valence-electron chi connectivity index (χ3n) is 2.29. The van der Waals surface area contributed by atoms with Crippen molar-refractivity contribution >= 4 is 10.9 Å². The fraction of sp³-hybridized carbons (Fsp3) is 0.273. The lowest BCUT2D eigenvalue weighted by molar-refractivity contribution is 0.418. The molecule has 0 spiro atoms. The van der Waals surface area contributed by atoms with E-state index in [1.807, 2.05) is 25.1 Å². The molecule has 0 unspecified atom stereocenters. The fourth-order valence-electron chi connectivity index (χ4n) is 1.63. The molecule has 2 rings (SSSR count). The van der Waals surface area contributed by atoms with E-state index in [0.717, 1.165) is 22.3 Å². The number of aromatic nitrogens is 2. The lowest BCUT2D eigenvalue weighted by Crippen LogP contribution is -2.04. The van der Waals surface area contributed by atoms with Gasteiger partial charge in [0.15, 0.2) is 0 Å². The Morgan fingerprint density at radius 1 is 1.33 bits per heavy atom. The van der Waals surface area contributed by atoms with Crippen LogP contribution in [0.15, 0.2) is 18.2 Å². The van der Waals surface area contributed by atoms with Crippen LogP contribution in [0.2, 0.25) is 0 Å². The van der Waals surface area contributed by atoms with Crippen molar-refractivity contribution in [3.63, 3.8) is 0 Å². The van der Waals surface area contributed by atoms with Crippen LogP contribution in [-0.4, -0.2) is 17.1 Å². The minimum atomic E-state index is 0.410. The SMILES string of the molecule is COc1cccc2c(CN)nc(C)nc12. The van der Waals surface area contributed by atoms with Crippen molar-refractivity contribution in [3.05, 3.63) is 29.7 Å². The van der Waals surface area contributed by atoms with Gasteiger partial charge in [-0.2, -0.15) is 0 Å². The number of fused-ring (bicyclic) bond motifs is 1. The maximum atomic E-state index is 5.65. The maximum Gasteiger partial charge on any atom is 0.145 e. The molecule has 4 nitrogen and oxygen atoms in total. The highest BCUT2D eigenvalue weighted by atomic mass is 16.5. The summed E-state index contributed by atoms with van der Waals surface area (Å²) in [5, 5.41) is 0.961. The predicted octanol–water partition coefficient (Wildman–Crippen LogP) is 1.41. The Morgan fingerprint density at radius 2 is 2.13 bits per heavy atom. The Kier molecular flexibility index (Phi) is 2.51. The van der Waals surface area contributed by atoms with Gasteiger partial charge in [-0.3, -0.25) is 0 Å². The maximum absolute atomic E-state index is 5.65. The molecule has 0 radical (unpaired) electrons. The first-order valence-electron chi connectivity index (χ1n) is 4.76. The summed E-state index contributed by atoms with van der Waals surface area (Å²) in [6, 6.07) is 5.76. The Hall–Kier alpha value is -1.68. The number of para-hydroxylation sites is 1. The summed E-state index contributed by atoms with van der Waals surface area (Å²) in [5.41, 5.74) is 7.33. The highest BCUT2D eigenvalue weighted by molar-refractivity contribution is 5.86. The van der Waals surface area contributed by atoms with Crippen molar-refractivity contribution in [2.24, 2.45) is 5.73 Å². The van der Waals surface area contributed by atoms with Gasteiger partial charge in [0.05, 0.1) is 12.8 Å². The second-order valence-corrected chi connectivity index (χ2v) is 3.28. The molecule has 15 heavy (non-hydrogen) atoms. The molecule has 0 atom stereocenters. The van der Waals surface area contributed by atoms with Crippen molar-refractivity contribution in [3.8, 4) is 5.75 Å². The van der Waals surface area contributed by atoms with E-state index in [-0.39, 0.29) is 0 Å². The molecular formula is C11H13N3O. The zero-order valence-corrected chi connectivity index (χ0v) is 8.82. The van der Waals surface area contributed by atoms with Gasteiger partial charge in [0.25, 0.3) is 0 Å². The van der Waals surface area contributed by atoms with E-state index < -0.39 is 0 Å². The molecule has 0 aliphatic carbocycles. The number of nitrogens with two attached hydrogens (primary N) is 1. The van der Waals surface area contributed by atoms with E-state index in [2.05, 4.69) is 9.97 Å². The van der Waals surface area contributed by atoms with Gasteiger partial charge in [-0.1, -0.05) is 12.1 Å². The van der Waals surface area contributed by atoms with E-state index in [1.165, 1.54) is 0 Å². The molecule has 1 aromatic carbocycles. The summed E-state index contributed by atoms with van der Waals surface area (Å²) in [5.74, 6) is 1.47. The van der Waals surface area contributed by atoms with Crippen molar-refractivity contribution in [2.45, 2.75) is 13.5 Å². The fourth-order valence-corrected chi connectivity index (χ4v) is 1.63. The molecule has 4 heteroatoms. The second kappa shape index (κ2) is 3.82. The first kappa shape index (κ1) is 9.86. The molecule has 0 saturated carbocycles. The highest BCUT2D eigenvalue weighted by Crippen LogP contribution is 2.24. The van der Waals surface area contributed by atoms with Crippen LogP contribution in [0.3, 0.4) is 0 Å². The van der Waals surface area contributed by atoms with Gasteiger partial charge in [0.2, 0.25) is 0 Å². The first-order valence-corrected chi connectivity index (χ1v) is 4.76. The van der Waals surface area contributed by atoms with Gasteiger partial charge in [-0.05, 0) is 13.0 Å². The zero-order chi connectivity index (χ0) is 10.8. The summed E-state index contributed by atoms with van der Waals surface area (Å²) in [6.45, 7) is 2.26. The summed E-state index contributed by atoms with van der Waals surface area (Å²) in [6.07, 6.45) is 0. The normalized spacial score (nSPS) is 10.6. The molecule has 78 valence electrons. The minimum Gasteiger partial charge on any atom is -0.494 e. The molecule has 1 heterocycles. The van der Waals surface area contributed by atoms with Gasteiger partial charge in [0.1, 0.15) is 17.1 Å². The highest BCUT2D eigenvalue weighted by Gasteiger charge is 2.07. The molecule has 0 aliphatic heterocycles. The average molecular weight is 203 g/mol. The van der Waals surface area contributed by atoms with Crippen LogP contribution in [0.1, 0.15) is 11.5 Å². The molecule has 0 bridgehead atoms. The van der Waals surface area contributed by atoms with E-state index in [9.17, 15) is 0 Å². The molecule has 0 aliphatic rings. The summed E-state index contributed by atoms with van der Waals surface area (Å²) in [7, 11) is 1.63. The van der Waals surface area contributed by atoms with Crippen LogP contribution >= 0.6 is 0 Å². The topological polar surface area (TPSA) is 61.0 Å². The van der Waals surface area contributed by atoms with E-state index in [4.69, 9.17) is 10.5 Å². The molecule has 0 fully saturated rings. The number of methoxy groups -OCH3 is 1. The van der Waals surface area contributed by atoms with Crippen molar-refractivity contribution in [1.29, 1.82) is 0 Å². The standard InChI is InChI=1S/C11H13N3O/c1-7-13-9(6-12)8-4-3-5-10(15-2)11(8)14-7/h3-5H,6,12H2,1-2H3. The van der Waals surface area contributed by atoms with Crippen molar-refractivity contribution in [2.75, 3.05) is 7.11 Å². The molecule has 0 saturated heterocycles. The molecule has 0 amide bonds. The lowest BCUT2D eigenvalue weighted by atomic mass is 10.1. The number of aryl methyl sites for hydroxylation is 1. The number of ether oxygens (including phenoxy) is 1. The van der Waals surface area contributed by atoms with Crippen LogP contribution in [0, 0.1) is 6.92 Å². The predicted molar refractivity (Wildman–Crippen MR) is 58.7 cm³/mol. The first-order chi connectivity index (χ1) is 7.26.